The number of nitrogens with zero attached hydrogens (tertiary/aromatic N) is 1. The van der Waals surface area contributed by atoms with E-state index < -0.39 is 0 Å². The first-order valence-corrected chi connectivity index (χ1v) is 6.23. The number of hydrogen-bond donors (Lipinski definition) is 1. The molecular formula is C14H21NO. The molecule has 0 atom stereocenters. The number of aliphatic hydroxyl groups excluding tert-OH is 1. The van der Waals surface area contributed by atoms with Crippen molar-refractivity contribution in [3.63, 3.8) is 0 Å². The Labute approximate surface area is 97.9 Å². The molecule has 2 heteroatoms. The van der Waals surface area contributed by atoms with Crippen LogP contribution in [0, 0.1) is 6.92 Å². The summed E-state index contributed by atoms with van der Waals surface area (Å²) in [6.45, 7) is 6.33. The van der Waals surface area contributed by atoms with E-state index in [9.17, 15) is 5.11 Å². The Morgan fingerprint density at radius 3 is 2.62 bits per heavy atom. The lowest BCUT2D eigenvalue weighted by Gasteiger charge is -2.31. The lowest BCUT2D eigenvalue weighted by atomic mass is 10.0. The first-order valence-electron chi connectivity index (χ1n) is 6.23. The average Bonchev–Trinajstić information content (AvgIpc) is 2.31. The Bertz CT molecular complexity index is 354. The van der Waals surface area contributed by atoms with Crippen LogP contribution in [0.25, 0.3) is 0 Å². The molecule has 1 saturated heterocycles. The van der Waals surface area contributed by atoms with E-state index in [1.807, 2.05) is 0 Å². The van der Waals surface area contributed by atoms with Crippen molar-refractivity contribution in [3.8, 4) is 0 Å². The van der Waals surface area contributed by atoms with Crippen LogP contribution >= 0.6 is 0 Å². The molecule has 0 radical (unpaired) electrons. The Balaban J connectivity index is 2.14. The number of benzene rings is 1. The van der Waals surface area contributed by atoms with E-state index in [2.05, 4.69) is 36.9 Å². The van der Waals surface area contributed by atoms with Crippen molar-refractivity contribution in [2.24, 2.45) is 0 Å². The fourth-order valence-electron chi connectivity index (χ4n) is 2.36. The lowest BCUT2D eigenvalue weighted by molar-refractivity contribution is 0.145. The molecule has 2 rings (SSSR count). The van der Waals surface area contributed by atoms with Crippen LogP contribution in [0.15, 0.2) is 18.2 Å². The first-order chi connectivity index (χ1) is 7.70. The van der Waals surface area contributed by atoms with E-state index >= 15 is 0 Å². The van der Waals surface area contributed by atoms with Crippen LogP contribution in [0.1, 0.15) is 30.9 Å². The standard InChI is InChI=1S/C14H21NO/c1-3-12-10-13(5-4-11(12)2)15-8-6-14(16)7-9-15/h4-5,10,14,16H,3,6-9H2,1-2H3. The van der Waals surface area contributed by atoms with Gasteiger partial charge in [-0.1, -0.05) is 13.0 Å². The summed E-state index contributed by atoms with van der Waals surface area (Å²) in [5.74, 6) is 0. The van der Waals surface area contributed by atoms with Gasteiger partial charge in [0.2, 0.25) is 0 Å². The van der Waals surface area contributed by atoms with Crippen LogP contribution in [0.4, 0.5) is 5.69 Å². The highest BCUT2D eigenvalue weighted by Crippen LogP contribution is 2.23. The molecule has 0 aliphatic carbocycles. The highest BCUT2D eigenvalue weighted by atomic mass is 16.3. The summed E-state index contributed by atoms with van der Waals surface area (Å²) in [5.41, 5.74) is 4.13. The van der Waals surface area contributed by atoms with Gasteiger partial charge in [-0.15, -0.1) is 0 Å². The van der Waals surface area contributed by atoms with Gasteiger partial charge in [0.1, 0.15) is 0 Å². The molecule has 0 bridgehead atoms. The molecule has 2 nitrogen and oxygen atoms in total. The van der Waals surface area contributed by atoms with Gasteiger partial charge >= 0.3 is 0 Å². The fourth-order valence-corrected chi connectivity index (χ4v) is 2.36. The number of hydrogen-bond acceptors (Lipinski definition) is 2. The van der Waals surface area contributed by atoms with Crippen LogP contribution in [0.5, 0.6) is 0 Å². The normalized spacial score (nSPS) is 17.8. The number of aryl methyl sites for hydroxylation is 2. The molecule has 0 unspecified atom stereocenters. The number of rotatable bonds is 2. The first kappa shape index (κ1) is 11.5. The van der Waals surface area contributed by atoms with Gasteiger partial charge in [0.25, 0.3) is 0 Å². The minimum Gasteiger partial charge on any atom is -0.393 e. The third-order valence-corrected chi connectivity index (χ3v) is 3.54. The molecule has 0 spiro atoms. The zero-order valence-corrected chi connectivity index (χ0v) is 10.2. The predicted octanol–water partition coefficient (Wildman–Crippen LogP) is 2.52. The van der Waals surface area contributed by atoms with Gasteiger partial charge in [-0.05, 0) is 49.4 Å². The van der Waals surface area contributed by atoms with Crippen LogP contribution in [0.2, 0.25) is 0 Å². The maximum atomic E-state index is 9.49. The zero-order valence-electron chi connectivity index (χ0n) is 10.2. The fraction of sp³-hybridized carbons (Fsp3) is 0.571. The summed E-state index contributed by atoms with van der Waals surface area (Å²) in [6, 6.07) is 6.71. The van der Waals surface area contributed by atoms with Crippen LogP contribution < -0.4 is 4.90 Å². The van der Waals surface area contributed by atoms with Gasteiger partial charge in [0, 0.05) is 18.8 Å². The van der Waals surface area contributed by atoms with Gasteiger partial charge in [-0.3, -0.25) is 0 Å². The molecule has 1 aromatic carbocycles. The van der Waals surface area contributed by atoms with Crippen molar-refractivity contribution in [2.75, 3.05) is 18.0 Å². The van der Waals surface area contributed by atoms with E-state index in [0.29, 0.717) is 0 Å². The van der Waals surface area contributed by atoms with Crippen LogP contribution in [0.3, 0.4) is 0 Å². The second-order valence-electron chi connectivity index (χ2n) is 4.68. The van der Waals surface area contributed by atoms with E-state index in [1.165, 1.54) is 16.8 Å². The topological polar surface area (TPSA) is 23.5 Å². The molecule has 1 aliphatic heterocycles. The maximum Gasteiger partial charge on any atom is 0.0574 e. The van der Waals surface area contributed by atoms with E-state index in [0.717, 1.165) is 32.4 Å². The van der Waals surface area contributed by atoms with Crippen LogP contribution in [-0.2, 0) is 6.42 Å². The maximum absolute atomic E-state index is 9.49. The molecule has 0 aromatic heterocycles. The van der Waals surface area contributed by atoms with Crippen molar-refractivity contribution >= 4 is 5.69 Å². The van der Waals surface area contributed by atoms with Crippen molar-refractivity contribution in [3.05, 3.63) is 29.3 Å². The molecule has 16 heavy (non-hydrogen) atoms. The SMILES string of the molecule is CCc1cc(N2CCC(O)CC2)ccc1C. The third-order valence-electron chi connectivity index (χ3n) is 3.54. The minimum atomic E-state index is -0.0904. The highest BCUT2D eigenvalue weighted by Gasteiger charge is 2.17. The summed E-state index contributed by atoms with van der Waals surface area (Å²) >= 11 is 0. The summed E-state index contributed by atoms with van der Waals surface area (Å²) in [4.78, 5) is 2.38. The number of piperidine rings is 1. The molecule has 1 fully saturated rings. The minimum absolute atomic E-state index is 0.0904. The molecule has 1 heterocycles. The lowest BCUT2D eigenvalue weighted by Crippen LogP contribution is -2.35. The van der Waals surface area contributed by atoms with Gasteiger partial charge in [-0.25, -0.2) is 0 Å². The summed E-state index contributed by atoms with van der Waals surface area (Å²) in [5, 5.41) is 9.49. The number of aliphatic hydroxyl groups is 1. The zero-order chi connectivity index (χ0) is 11.5. The van der Waals surface area contributed by atoms with E-state index in [1.54, 1.807) is 0 Å². The second kappa shape index (κ2) is 4.88. The van der Waals surface area contributed by atoms with Crippen molar-refractivity contribution in [1.82, 2.24) is 0 Å². The molecule has 1 aromatic rings. The smallest absolute Gasteiger partial charge is 0.0574 e. The van der Waals surface area contributed by atoms with Gasteiger partial charge in [0.15, 0.2) is 0 Å². The third kappa shape index (κ3) is 2.38. The van der Waals surface area contributed by atoms with E-state index in [-0.39, 0.29) is 6.10 Å². The number of anilines is 1. The highest BCUT2D eigenvalue weighted by molar-refractivity contribution is 5.51. The quantitative estimate of drug-likeness (QED) is 0.826. The molecule has 0 amide bonds. The average molecular weight is 219 g/mol. The van der Waals surface area contributed by atoms with E-state index in [4.69, 9.17) is 0 Å². The Kier molecular flexibility index (Phi) is 3.49. The van der Waals surface area contributed by atoms with Gasteiger partial charge < -0.3 is 10.0 Å². The predicted molar refractivity (Wildman–Crippen MR) is 68.0 cm³/mol. The Hall–Kier alpha value is -1.02. The summed E-state index contributed by atoms with van der Waals surface area (Å²) in [7, 11) is 0. The van der Waals surface area contributed by atoms with Gasteiger partial charge in [0.05, 0.1) is 6.10 Å². The van der Waals surface area contributed by atoms with Crippen molar-refractivity contribution in [1.29, 1.82) is 0 Å². The van der Waals surface area contributed by atoms with Gasteiger partial charge in [-0.2, -0.15) is 0 Å². The van der Waals surface area contributed by atoms with Crippen molar-refractivity contribution in [2.45, 2.75) is 39.2 Å². The largest absolute Gasteiger partial charge is 0.393 e. The Morgan fingerprint density at radius 2 is 2.00 bits per heavy atom. The molecular weight excluding hydrogens is 198 g/mol. The summed E-state index contributed by atoms with van der Waals surface area (Å²) < 4.78 is 0. The van der Waals surface area contributed by atoms with Crippen LogP contribution in [-0.4, -0.2) is 24.3 Å². The monoisotopic (exact) mass is 219 g/mol. The molecule has 1 N–H and O–H groups in total. The molecule has 1 aliphatic rings. The second-order valence-corrected chi connectivity index (χ2v) is 4.68. The molecule has 88 valence electrons. The Morgan fingerprint density at radius 1 is 1.31 bits per heavy atom. The molecule has 0 saturated carbocycles. The summed E-state index contributed by atoms with van der Waals surface area (Å²) in [6.07, 6.45) is 2.80. The van der Waals surface area contributed by atoms with Crippen molar-refractivity contribution < 1.29 is 5.11 Å².